The molecule has 0 radical (unpaired) electrons. The maximum atomic E-state index is 13.6. The van der Waals surface area contributed by atoms with Crippen molar-refractivity contribution >= 4 is 22.9 Å². The number of carbonyl (C=O) groups is 1. The number of likely N-dealkylation sites (tertiary alicyclic amines) is 1. The number of nitrogens with one attached hydrogen (secondary N) is 2. The third-order valence-electron chi connectivity index (χ3n) is 6.84. The lowest BCUT2D eigenvalue weighted by molar-refractivity contribution is -0.111. The monoisotopic (exact) mass is 487 g/mol. The minimum atomic E-state index is -0.501. The zero-order valence-corrected chi connectivity index (χ0v) is 20.3. The molecular weight excluding hydrogens is 457 g/mol. The van der Waals surface area contributed by atoms with Crippen molar-refractivity contribution in [2.24, 2.45) is 0 Å². The average molecular weight is 488 g/mol. The lowest BCUT2D eigenvalue weighted by atomic mass is 9.90. The quantitative estimate of drug-likeness (QED) is 0.476. The first-order valence-corrected chi connectivity index (χ1v) is 12.4. The summed E-state index contributed by atoms with van der Waals surface area (Å²) in [4.78, 5) is 24.0. The largest absolute Gasteiger partial charge is 0.393 e. The van der Waals surface area contributed by atoms with Gasteiger partial charge in [0, 0.05) is 67.0 Å². The molecule has 3 N–H and O–H groups in total. The van der Waals surface area contributed by atoms with Crippen LogP contribution in [0.5, 0.6) is 0 Å². The Morgan fingerprint density at radius 1 is 1.11 bits per heavy atom. The number of benzene rings is 1. The summed E-state index contributed by atoms with van der Waals surface area (Å²) in [6.45, 7) is 5.14. The molecule has 2 aromatic heterocycles. The normalized spacial score (nSPS) is 16.4. The van der Waals surface area contributed by atoms with E-state index in [0.29, 0.717) is 24.2 Å². The zero-order chi connectivity index (χ0) is 25.1. The third-order valence-corrected chi connectivity index (χ3v) is 6.84. The summed E-state index contributed by atoms with van der Waals surface area (Å²) < 4.78 is 13.6. The number of rotatable bonds is 6. The lowest BCUT2D eigenvalue weighted by Gasteiger charge is -2.29. The number of aliphatic hydroxyl groups excluding tert-OH is 1. The molecule has 186 valence electrons. The molecule has 2 aliphatic rings. The van der Waals surface area contributed by atoms with Crippen LogP contribution < -0.4 is 10.6 Å². The second kappa shape index (κ2) is 10.6. The molecule has 1 saturated heterocycles. The molecule has 1 aromatic carbocycles. The SMILES string of the molecule is CCC1=C(C(=O)Nc2cncc(F)c2)c2cc(-c3cncc(CN4CCC(O)CC4)c3)ccc2NC1. The molecule has 2 aliphatic heterocycles. The van der Waals surface area contributed by atoms with Crippen LogP contribution in [0.1, 0.15) is 37.3 Å². The van der Waals surface area contributed by atoms with E-state index in [1.54, 1.807) is 0 Å². The van der Waals surface area contributed by atoms with Crippen LogP contribution in [-0.4, -0.2) is 51.6 Å². The van der Waals surface area contributed by atoms with Crippen LogP contribution in [0.15, 0.2) is 60.7 Å². The van der Waals surface area contributed by atoms with Gasteiger partial charge in [0.25, 0.3) is 5.91 Å². The van der Waals surface area contributed by atoms with Gasteiger partial charge in [0.05, 0.1) is 24.2 Å². The Morgan fingerprint density at radius 3 is 2.69 bits per heavy atom. The van der Waals surface area contributed by atoms with Crippen molar-refractivity contribution in [2.45, 2.75) is 38.8 Å². The van der Waals surface area contributed by atoms with E-state index in [4.69, 9.17) is 0 Å². The van der Waals surface area contributed by atoms with Gasteiger partial charge in [-0.15, -0.1) is 0 Å². The van der Waals surface area contributed by atoms with Crippen molar-refractivity contribution in [2.75, 3.05) is 30.3 Å². The standard InChI is InChI=1S/C28H30FN5O2/c1-2-19-14-32-26-4-3-20(10-25(26)27(19)28(36)33-23-11-22(29)15-31-16-23)21-9-18(12-30-13-21)17-34-7-5-24(35)6-8-34/h3-4,9-13,15-16,24,32,35H,2,5-8,14,17H2,1H3,(H,33,36). The minimum absolute atomic E-state index is 0.195. The Hall–Kier alpha value is -3.62. The number of hydrogen-bond donors (Lipinski definition) is 3. The van der Waals surface area contributed by atoms with Gasteiger partial charge in [-0.05, 0) is 54.2 Å². The Kier molecular flexibility index (Phi) is 7.06. The smallest absolute Gasteiger partial charge is 0.256 e. The number of aliphatic hydroxyl groups is 1. The molecule has 1 amide bonds. The van der Waals surface area contributed by atoms with Gasteiger partial charge in [-0.2, -0.15) is 0 Å². The van der Waals surface area contributed by atoms with Gasteiger partial charge in [0.15, 0.2) is 0 Å². The number of halogens is 1. The van der Waals surface area contributed by atoms with Crippen molar-refractivity contribution < 1.29 is 14.3 Å². The van der Waals surface area contributed by atoms with Gasteiger partial charge in [-0.25, -0.2) is 4.39 Å². The summed E-state index contributed by atoms with van der Waals surface area (Å²) in [5.74, 6) is -0.781. The van der Waals surface area contributed by atoms with E-state index in [-0.39, 0.29) is 12.0 Å². The van der Waals surface area contributed by atoms with Crippen LogP contribution in [0.3, 0.4) is 0 Å². The fourth-order valence-corrected chi connectivity index (χ4v) is 4.89. The number of nitrogens with zero attached hydrogens (tertiary/aromatic N) is 3. The van der Waals surface area contributed by atoms with Crippen LogP contribution in [0.2, 0.25) is 0 Å². The Morgan fingerprint density at radius 2 is 1.92 bits per heavy atom. The number of amides is 1. The number of carbonyl (C=O) groups excluding carboxylic acids is 1. The Bertz CT molecular complexity index is 1300. The second-order valence-corrected chi connectivity index (χ2v) is 9.38. The highest BCUT2D eigenvalue weighted by Crippen LogP contribution is 2.36. The number of hydrogen-bond acceptors (Lipinski definition) is 6. The van der Waals surface area contributed by atoms with Crippen LogP contribution in [0.25, 0.3) is 16.7 Å². The summed E-state index contributed by atoms with van der Waals surface area (Å²) in [5.41, 5.74) is 6.66. The summed E-state index contributed by atoms with van der Waals surface area (Å²) in [7, 11) is 0. The maximum absolute atomic E-state index is 13.6. The van der Waals surface area contributed by atoms with E-state index >= 15 is 0 Å². The molecular formula is C28H30FN5O2. The number of aromatic nitrogens is 2. The molecule has 8 heteroatoms. The predicted molar refractivity (Wildman–Crippen MR) is 139 cm³/mol. The fourth-order valence-electron chi connectivity index (χ4n) is 4.89. The van der Waals surface area contributed by atoms with Crippen molar-refractivity contribution in [3.8, 4) is 11.1 Å². The molecule has 0 unspecified atom stereocenters. The predicted octanol–water partition coefficient (Wildman–Crippen LogP) is 4.47. The molecule has 0 bridgehead atoms. The Labute approximate surface area is 210 Å². The first kappa shape index (κ1) is 24.1. The van der Waals surface area contributed by atoms with Crippen molar-refractivity contribution in [1.82, 2.24) is 14.9 Å². The molecule has 0 atom stereocenters. The van der Waals surface area contributed by atoms with Crippen LogP contribution in [0.4, 0.5) is 15.8 Å². The second-order valence-electron chi connectivity index (χ2n) is 9.38. The van der Waals surface area contributed by atoms with Crippen LogP contribution in [-0.2, 0) is 11.3 Å². The molecule has 36 heavy (non-hydrogen) atoms. The summed E-state index contributed by atoms with van der Waals surface area (Å²) >= 11 is 0. The van der Waals surface area contributed by atoms with E-state index in [1.807, 2.05) is 37.5 Å². The average Bonchev–Trinajstić information content (AvgIpc) is 2.89. The maximum Gasteiger partial charge on any atom is 0.256 e. The first-order valence-electron chi connectivity index (χ1n) is 12.4. The van der Waals surface area contributed by atoms with Gasteiger partial charge < -0.3 is 15.7 Å². The number of pyridine rings is 2. The van der Waals surface area contributed by atoms with Crippen LogP contribution in [0, 0.1) is 5.82 Å². The third kappa shape index (κ3) is 5.29. The van der Waals surface area contributed by atoms with E-state index in [1.165, 1.54) is 12.3 Å². The minimum Gasteiger partial charge on any atom is -0.393 e. The Balaban J connectivity index is 1.43. The van der Waals surface area contributed by atoms with Gasteiger partial charge in [0.2, 0.25) is 0 Å². The molecule has 0 spiro atoms. The van der Waals surface area contributed by atoms with Crippen molar-refractivity contribution in [3.63, 3.8) is 0 Å². The summed E-state index contributed by atoms with van der Waals surface area (Å²) in [6.07, 6.45) is 8.38. The van der Waals surface area contributed by atoms with E-state index in [2.05, 4.69) is 31.6 Å². The number of anilines is 2. The lowest BCUT2D eigenvalue weighted by Crippen LogP contribution is -2.35. The molecule has 3 aromatic rings. The summed E-state index contributed by atoms with van der Waals surface area (Å²) in [5, 5.41) is 16.0. The molecule has 1 fully saturated rings. The van der Waals surface area contributed by atoms with Gasteiger partial charge in [0.1, 0.15) is 5.82 Å². The highest BCUT2D eigenvalue weighted by molar-refractivity contribution is 6.28. The van der Waals surface area contributed by atoms with Gasteiger partial charge in [-0.1, -0.05) is 13.0 Å². The number of fused-ring (bicyclic) bond motifs is 1. The van der Waals surface area contributed by atoms with E-state index in [9.17, 15) is 14.3 Å². The molecule has 4 heterocycles. The summed E-state index contributed by atoms with van der Waals surface area (Å²) in [6, 6.07) is 9.45. The zero-order valence-electron chi connectivity index (χ0n) is 20.3. The molecule has 7 nitrogen and oxygen atoms in total. The van der Waals surface area contributed by atoms with E-state index in [0.717, 1.165) is 72.2 Å². The number of piperidine rings is 1. The topological polar surface area (TPSA) is 90.4 Å². The van der Waals surface area contributed by atoms with Crippen molar-refractivity contribution in [1.29, 1.82) is 0 Å². The van der Waals surface area contributed by atoms with Gasteiger partial charge >= 0.3 is 0 Å². The highest BCUT2D eigenvalue weighted by Gasteiger charge is 2.24. The van der Waals surface area contributed by atoms with Crippen molar-refractivity contribution in [3.05, 3.63) is 77.6 Å². The van der Waals surface area contributed by atoms with Crippen LogP contribution >= 0.6 is 0 Å². The first-order chi connectivity index (χ1) is 17.5. The highest BCUT2D eigenvalue weighted by atomic mass is 19.1. The van der Waals surface area contributed by atoms with E-state index < -0.39 is 5.82 Å². The molecule has 0 aliphatic carbocycles. The van der Waals surface area contributed by atoms with Gasteiger partial charge in [-0.3, -0.25) is 19.7 Å². The molecule has 5 rings (SSSR count). The fraction of sp³-hybridized carbons (Fsp3) is 0.321. The molecule has 0 saturated carbocycles.